The van der Waals surface area contributed by atoms with Gasteiger partial charge < -0.3 is 53.2 Å². The normalized spacial score (nSPS) is 43.7. The van der Waals surface area contributed by atoms with Gasteiger partial charge in [-0.15, -0.1) is 0 Å². The maximum Gasteiger partial charge on any atom is 0.330 e. The fourth-order valence-electron chi connectivity index (χ4n) is 6.50. The third kappa shape index (κ3) is 10.5. The summed E-state index contributed by atoms with van der Waals surface area (Å²) >= 11 is 0. The van der Waals surface area contributed by atoms with E-state index >= 15 is 0 Å². The number of cyclic esters (lactones) is 1. The van der Waals surface area contributed by atoms with Crippen molar-refractivity contribution in [1.29, 1.82) is 0 Å². The molecule has 2 fully saturated rings. The zero-order chi connectivity index (χ0) is 35.8. The Kier molecular flexibility index (Phi) is 15.4. The second-order valence-corrected chi connectivity index (χ2v) is 13.4. The highest BCUT2D eigenvalue weighted by molar-refractivity contribution is 5.96. The maximum atomic E-state index is 13.2. The Morgan fingerprint density at radius 2 is 1.52 bits per heavy atom. The first-order valence-electron chi connectivity index (χ1n) is 16.7. The summed E-state index contributed by atoms with van der Waals surface area (Å²) in [6.45, 7) is 10.4. The molecule has 15 atom stereocenters. The number of hydrogen-bond acceptors (Lipinski definition) is 13. The molecule has 2 saturated heterocycles. The van der Waals surface area contributed by atoms with Gasteiger partial charge in [0.05, 0.1) is 31.0 Å². The Morgan fingerprint density at radius 1 is 0.833 bits per heavy atom. The van der Waals surface area contributed by atoms with Crippen molar-refractivity contribution in [2.75, 3.05) is 27.9 Å². The zero-order valence-corrected chi connectivity index (χ0v) is 29.6. The highest BCUT2D eigenvalue weighted by Crippen LogP contribution is 2.32. The molecule has 0 bridgehead atoms. The third-order valence-corrected chi connectivity index (χ3v) is 9.43. The minimum absolute atomic E-state index is 0.0321. The number of ketones is 1. The summed E-state index contributed by atoms with van der Waals surface area (Å²) in [5.74, 6) is -2.42. The molecule has 48 heavy (non-hydrogen) atoms. The summed E-state index contributed by atoms with van der Waals surface area (Å²) in [5, 5.41) is 32.6. The molecule has 13 heteroatoms. The van der Waals surface area contributed by atoms with Gasteiger partial charge in [-0.3, -0.25) is 4.79 Å². The van der Waals surface area contributed by atoms with E-state index < -0.39 is 96.5 Å². The number of carbonyl (C=O) groups excluding carboxylic acids is 2. The van der Waals surface area contributed by atoms with Crippen molar-refractivity contribution < 1.29 is 62.8 Å². The van der Waals surface area contributed by atoms with Crippen molar-refractivity contribution in [3.63, 3.8) is 0 Å². The van der Waals surface area contributed by atoms with Crippen LogP contribution in [0.2, 0.25) is 0 Å². The largest absolute Gasteiger partial charge is 0.459 e. The van der Waals surface area contributed by atoms with Gasteiger partial charge >= 0.3 is 5.97 Å². The summed E-state index contributed by atoms with van der Waals surface area (Å²) in [7, 11) is 4.46. The predicted octanol–water partition coefficient (Wildman–Crippen LogP) is 2.25. The van der Waals surface area contributed by atoms with Crippen LogP contribution in [0.5, 0.6) is 0 Å². The molecule has 3 heterocycles. The number of aliphatic hydroxyl groups excluding tert-OH is 2. The third-order valence-electron chi connectivity index (χ3n) is 9.43. The van der Waals surface area contributed by atoms with Gasteiger partial charge in [0.1, 0.15) is 36.1 Å². The van der Waals surface area contributed by atoms with Crippen molar-refractivity contribution in [3.05, 3.63) is 36.5 Å². The van der Waals surface area contributed by atoms with Gasteiger partial charge in [0.25, 0.3) is 0 Å². The lowest BCUT2D eigenvalue weighted by atomic mass is 9.82. The molecule has 0 aliphatic carbocycles. The molecule has 3 N–H and O–H groups in total. The Labute approximate surface area is 284 Å². The second-order valence-electron chi connectivity index (χ2n) is 13.4. The van der Waals surface area contributed by atoms with Gasteiger partial charge in [0.2, 0.25) is 0 Å². The number of allylic oxidation sites excluding steroid dienone is 2. The van der Waals surface area contributed by atoms with Crippen LogP contribution >= 0.6 is 0 Å². The molecule has 0 spiro atoms. The number of carbonyl (C=O) groups is 2. The van der Waals surface area contributed by atoms with E-state index in [0.29, 0.717) is 6.42 Å². The molecule has 0 radical (unpaired) electrons. The van der Waals surface area contributed by atoms with Crippen molar-refractivity contribution in [3.8, 4) is 0 Å². The van der Waals surface area contributed by atoms with Crippen LogP contribution in [0.3, 0.4) is 0 Å². The monoisotopic (exact) mass is 684 g/mol. The Balaban J connectivity index is 1.85. The number of rotatable bonds is 8. The number of ether oxygens (including phenoxy) is 8. The smallest absolute Gasteiger partial charge is 0.330 e. The van der Waals surface area contributed by atoms with E-state index in [1.54, 1.807) is 32.1 Å². The SMILES string of the molecule is CO[C@@H]1[C@H](O)[C@@H](C)O[C@@H](OC[C@H]2C=CC=CC(=O)[C@@](C)(O)C[C@H](C)[C@H](O[C@@H]3O[C@H](C)C[C@H](OC)[C@H]3O)[C@@H](C)C=CC(=O)O[C@@H]2C)[C@@H]1OC. The fourth-order valence-corrected chi connectivity index (χ4v) is 6.50. The van der Waals surface area contributed by atoms with Gasteiger partial charge in [-0.25, -0.2) is 4.79 Å². The van der Waals surface area contributed by atoms with E-state index in [1.807, 2.05) is 20.8 Å². The van der Waals surface area contributed by atoms with E-state index in [0.717, 1.165) is 0 Å². The van der Waals surface area contributed by atoms with Crippen LogP contribution in [0.1, 0.15) is 54.4 Å². The van der Waals surface area contributed by atoms with E-state index in [-0.39, 0.29) is 19.1 Å². The molecule has 0 aromatic rings. The van der Waals surface area contributed by atoms with Crippen LogP contribution in [0.25, 0.3) is 0 Å². The first-order valence-corrected chi connectivity index (χ1v) is 16.7. The van der Waals surface area contributed by atoms with Gasteiger partial charge in [-0.05, 0) is 46.1 Å². The van der Waals surface area contributed by atoms with E-state index in [4.69, 9.17) is 37.9 Å². The average Bonchev–Trinajstić information content (AvgIpc) is 3.03. The number of methoxy groups -OCH3 is 3. The maximum absolute atomic E-state index is 13.2. The summed E-state index contributed by atoms with van der Waals surface area (Å²) in [5.41, 5.74) is -1.73. The number of aliphatic hydroxyl groups is 3. The van der Waals surface area contributed by atoms with Crippen molar-refractivity contribution in [1.82, 2.24) is 0 Å². The fraction of sp³-hybridized carbons (Fsp3) is 0.771. The summed E-state index contributed by atoms with van der Waals surface area (Å²) in [6.07, 6.45) is 1.67. The standard InChI is InChI=1S/C35H56O13/c1-19-14-15-27(37)46-22(4)24(18-44-34-32(43-9)31(42-8)28(38)23(5)47-34)12-10-11-13-26(36)35(6,40)17-20(2)30(19)48-33-29(39)25(41-7)16-21(3)45-33/h10-15,19-25,28-34,38-40H,16-18H2,1-9H3/t19-,20-,21+,22+,23+,24+,25-,28+,29+,30+,31+,32+,33-,34+,35-/m0/s1. The van der Waals surface area contributed by atoms with Gasteiger partial charge in [0, 0.05) is 45.7 Å². The molecule has 0 saturated carbocycles. The Hall–Kier alpha value is -2.04. The molecular weight excluding hydrogens is 628 g/mol. The quantitative estimate of drug-likeness (QED) is 0.319. The molecule has 3 aliphatic rings. The minimum Gasteiger partial charge on any atom is -0.459 e. The summed E-state index contributed by atoms with van der Waals surface area (Å²) in [6, 6.07) is 0. The first-order chi connectivity index (χ1) is 22.6. The van der Waals surface area contributed by atoms with Crippen molar-refractivity contribution >= 4 is 11.8 Å². The molecule has 3 rings (SSSR count). The topological polar surface area (TPSA) is 169 Å². The van der Waals surface area contributed by atoms with Crippen molar-refractivity contribution in [2.24, 2.45) is 17.8 Å². The molecule has 13 nitrogen and oxygen atoms in total. The summed E-state index contributed by atoms with van der Waals surface area (Å²) < 4.78 is 46.5. The average molecular weight is 685 g/mol. The molecule has 0 aromatic heterocycles. The van der Waals surface area contributed by atoms with Crippen LogP contribution < -0.4 is 0 Å². The highest BCUT2D eigenvalue weighted by atomic mass is 16.7. The van der Waals surface area contributed by atoms with E-state index in [9.17, 15) is 24.9 Å². The van der Waals surface area contributed by atoms with Crippen LogP contribution in [0, 0.1) is 17.8 Å². The Morgan fingerprint density at radius 3 is 2.17 bits per heavy atom. The molecule has 0 unspecified atom stereocenters. The first kappa shape index (κ1) is 40.4. The second kappa shape index (κ2) is 18.3. The number of esters is 1. The van der Waals surface area contributed by atoms with E-state index in [2.05, 4.69) is 0 Å². The van der Waals surface area contributed by atoms with Crippen LogP contribution in [-0.4, -0.2) is 128 Å². The zero-order valence-electron chi connectivity index (χ0n) is 29.6. The van der Waals surface area contributed by atoms with Gasteiger partial charge in [-0.2, -0.15) is 0 Å². The molecular formula is C35H56O13. The van der Waals surface area contributed by atoms with Gasteiger partial charge in [-0.1, -0.05) is 38.2 Å². The summed E-state index contributed by atoms with van der Waals surface area (Å²) in [4.78, 5) is 26.2. The molecule has 274 valence electrons. The highest BCUT2D eigenvalue weighted by Gasteiger charge is 2.45. The molecule has 3 aliphatic heterocycles. The lowest BCUT2D eigenvalue weighted by Gasteiger charge is -2.42. The molecule has 0 aromatic carbocycles. The van der Waals surface area contributed by atoms with Crippen molar-refractivity contribution in [2.45, 2.75) is 128 Å². The van der Waals surface area contributed by atoms with Gasteiger partial charge in [0.15, 0.2) is 18.4 Å². The van der Waals surface area contributed by atoms with Crippen LogP contribution in [0.4, 0.5) is 0 Å². The lowest BCUT2D eigenvalue weighted by Crippen LogP contribution is -2.59. The lowest BCUT2D eigenvalue weighted by molar-refractivity contribution is -0.304. The van der Waals surface area contributed by atoms with E-state index in [1.165, 1.54) is 46.5 Å². The molecule has 0 amide bonds. The van der Waals surface area contributed by atoms with Crippen LogP contribution in [0.15, 0.2) is 36.5 Å². The predicted molar refractivity (Wildman–Crippen MR) is 174 cm³/mol. The van der Waals surface area contributed by atoms with Crippen LogP contribution in [-0.2, 0) is 47.5 Å². The Bertz CT molecular complexity index is 1120. The minimum atomic E-state index is -1.73. The number of hydrogen-bond donors (Lipinski definition) is 3.